The number of benzene rings is 2. The number of nitrogens with two attached hydrogens (primary N) is 1. The van der Waals surface area contributed by atoms with Crippen molar-refractivity contribution in [3.05, 3.63) is 45.5 Å². The van der Waals surface area contributed by atoms with Crippen LogP contribution in [0.1, 0.15) is 11.7 Å². The van der Waals surface area contributed by atoms with Crippen LogP contribution in [-0.2, 0) is 0 Å². The van der Waals surface area contributed by atoms with Crippen molar-refractivity contribution in [2.45, 2.75) is 6.17 Å². The Hall–Kier alpha value is -2.49. The largest absolute Gasteiger partial charge is 0.504 e. The molecule has 1 aliphatic heterocycles. The number of aliphatic imine (C=N–C) groups is 1. The Balaban J connectivity index is 1.96. The Labute approximate surface area is 151 Å². The average Bonchev–Trinajstić information content (AvgIpc) is 2.94. The summed E-state index contributed by atoms with van der Waals surface area (Å²) in [6.07, 6.45) is -0.392. The van der Waals surface area contributed by atoms with Gasteiger partial charge in [-0.2, -0.15) is 0 Å². The summed E-state index contributed by atoms with van der Waals surface area (Å²) in [5, 5.41) is 13.1. The second-order valence-electron chi connectivity index (χ2n) is 5.36. The van der Waals surface area contributed by atoms with Crippen LogP contribution in [0.25, 0.3) is 11.0 Å². The number of guanidine groups is 1. The van der Waals surface area contributed by atoms with Crippen molar-refractivity contribution in [3.8, 4) is 11.5 Å². The topological polar surface area (TPSA) is 97.7 Å². The number of hydrogen-bond donors (Lipinski definition) is 3. The number of nitrogens with zero attached hydrogens (tertiary/aromatic N) is 3. The molecule has 0 fully saturated rings. The van der Waals surface area contributed by atoms with Crippen LogP contribution in [0.4, 0.5) is 5.95 Å². The Morgan fingerprint density at radius 3 is 2.92 bits per heavy atom. The SMILES string of the molecule is COc1cc([C@H]2N=C(N)Nc3nc4ccccc4n32)cc(I)c1O. The maximum absolute atomic E-state index is 10.1. The van der Waals surface area contributed by atoms with Gasteiger partial charge in [0.2, 0.25) is 5.95 Å². The fourth-order valence-electron chi connectivity index (χ4n) is 2.84. The van der Waals surface area contributed by atoms with E-state index in [4.69, 9.17) is 10.5 Å². The lowest BCUT2D eigenvalue weighted by Gasteiger charge is -2.24. The van der Waals surface area contributed by atoms with E-state index < -0.39 is 6.17 Å². The minimum atomic E-state index is -0.392. The molecule has 1 aliphatic rings. The number of fused-ring (bicyclic) bond motifs is 3. The summed E-state index contributed by atoms with van der Waals surface area (Å²) in [5.74, 6) is 1.44. The minimum absolute atomic E-state index is 0.114. The van der Waals surface area contributed by atoms with E-state index in [9.17, 15) is 5.11 Å². The summed E-state index contributed by atoms with van der Waals surface area (Å²) < 4.78 is 7.93. The normalized spacial score (nSPS) is 16.4. The molecule has 0 saturated carbocycles. The number of imidazole rings is 1. The molecule has 0 spiro atoms. The highest BCUT2D eigenvalue weighted by Gasteiger charge is 2.26. The summed E-state index contributed by atoms with van der Waals surface area (Å²) in [7, 11) is 1.52. The molecule has 0 unspecified atom stereocenters. The molecular formula is C16H14IN5O2. The number of hydrogen-bond acceptors (Lipinski definition) is 6. The Kier molecular flexibility index (Phi) is 3.48. The number of phenolic OH excluding ortho intramolecular Hbond substituents is 1. The molecule has 4 N–H and O–H groups in total. The molecular weight excluding hydrogens is 421 g/mol. The number of para-hydroxylation sites is 2. The lowest BCUT2D eigenvalue weighted by atomic mass is 10.1. The third-order valence-electron chi connectivity index (χ3n) is 3.91. The Bertz CT molecular complexity index is 982. The zero-order valence-corrected chi connectivity index (χ0v) is 14.9. The van der Waals surface area contributed by atoms with E-state index in [1.165, 1.54) is 7.11 Å². The maximum Gasteiger partial charge on any atom is 0.212 e. The fraction of sp³-hybridized carbons (Fsp3) is 0.125. The second-order valence-corrected chi connectivity index (χ2v) is 6.52. The van der Waals surface area contributed by atoms with Gasteiger partial charge in [-0.25, -0.2) is 9.98 Å². The quantitative estimate of drug-likeness (QED) is 0.538. The van der Waals surface area contributed by atoms with Crippen LogP contribution in [0.5, 0.6) is 11.5 Å². The predicted molar refractivity (Wildman–Crippen MR) is 100 cm³/mol. The van der Waals surface area contributed by atoms with Gasteiger partial charge in [-0.1, -0.05) is 12.1 Å². The molecule has 0 radical (unpaired) electrons. The van der Waals surface area contributed by atoms with Crippen LogP contribution >= 0.6 is 22.6 Å². The molecule has 1 atom stereocenters. The van der Waals surface area contributed by atoms with Crippen molar-refractivity contribution in [1.29, 1.82) is 0 Å². The van der Waals surface area contributed by atoms with Crippen molar-refractivity contribution in [3.63, 3.8) is 0 Å². The molecule has 8 heteroatoms. The number of anilines is 1. The van der Waals surface area contributed by atoms with Gasteiger partial charge in [0.05, 0.1) is 21.7 Å². The molecule has 122 valence electrons. The number of phenols is 1. The average molecular weight is 435 g/mol. The molecule has 2 aromatic carbocycles. The monoisotopic (exact) mass is 435 g/mol. The minimum Gasteiger partial charge on any atom is -0.504 e. The number of halogens is 1. The lowest BCUT2D eigenvalue weighted by Crippen LogP contribution is -2.31. The van der Waals surface area contributed by atoms with E-state index in [2.05, 4.69) is 37.9 Å². The van der Waals surface area contributed by atoms with Crippen molar-refractivity contribution in [2.24, 2.45) is 10.7 Å². The van der Waals surface area contributed by atoms with Gasteiger partial charge < -0.3 is 15.6 Å². The van der Waals surface area contributed by atoms with Crippen molar-refractivity contribution < 1.29 is 9.84 Å². The van der Waals surface area contributed by atoms with Crippen LogP contribution in [0.15, 0.2) is 41.4 Å². The third kappa shape index (κ3) is 2.25. The standard InChI is InChI=1S/C16H14IN5O2/c1-24-12-7-8(6-9(17)13(12)23)14-20-15(18)21-16-19-10-4-2-3-5-11(10)22(14)16/h2-7,14,23H,1H3,(H3,18,19,20,21)/t14-/m0/s1. The second kappa shape index (κ2) is 5.55. The summed E-state index contributed by atoms with van der Waals surface area (Å²) in [6, 6.07) is 11.5. The maximum atomic E-state index is 10.1. The van der Waals surface area contributed by atoms with Gasteiger partial charge in [-0.3, -0.25) is 9.88 Å². The first kappa shape index (κ1) is 15.1. The zero-order chi connectivity index (χ0) is 16.8. The molecule has 0 aliphatic carbocycles. The summed E-state index contributed by atoms with van der Waals surface area (Å²) in [4.78, 5) is 9.10. The van der Waals surface area contributed by atoms with Crippen LogP contribution in [0.3, 0.4) is 0 Å². The third-order valence-corrected chi connectivity index (χ3v) is 4.73. The van der Waals surface area contributed by atoms with Crippen LogP contribution in [0.2, 0.25) is 0 Å². The summed E-state index contributed by atoms with van der Waals surface area (Å²) >= 11 is 2.07. The molecule has 0 amide bonds. The number of aromatic nitrogens is 2. The first-order chi connectivity index (χ1) is 11.6. The van der Waals surface area contributed by atoms with E-state index >= 15 is 0 Å². The van der Waals surface area contributed by atoms with Crippen molar-refractivity contribution in [1.82, 2.24) is 9.55 Å². The van der Waals surface area contributed by atoms with Gasteiger partial charge in [-0.15, -0.1) is 0 Å². The Morgan fingerprint density at radius 1 is 1.33 bits per heavy atom. The van der Waals surface area contributed by atoms with Gasteiger partial charge in [0.25, 0.3) is 0 Å². The molecule has 4 rings (SSSR count). The number of ether oxygens (including phenoxy) is 1. The van der Waals surface area contributed by atoms with Gasteiger partial charge in [0.15, 0.2) is 23.6 Å². The highest BCUT2D eigenvalue weighted by molar-refractivity contribution is 14.1. The highest BCUT2D eigenvalue weighted by atomic mass is 127. The predicted octanol–water partition coefficient (Wildman–Crippen LogP) is 2.64. The van der Waals surface area contributed by atoms with E-state index in [1.54, 1.807) is 6.07 Å². The fourth-order valence-corrected chi connectivity index (χ4v) is 3.46. The number of aromatic hydroxyl groups is 1. The van der Waals surface area contributed by atoms with E-state index in [1.807, 2.05) is 34.9 Å². The zero-order valence-electron chi connectivity index (χ0n) is 12.7. The van der Waals surface area contributed by atoms with Gasteiger partial charge in [0.1, 0.15) is 0 Å². The van der Waals surface area contributed by atoms with Gasteiger partial charge in [-0.05, 0) is 46.9 Å². The smallest absolute Gasteiger partial charge is 0.212 e. The van der Waals surface area contributed by atoms with Crippen molar-refractivity contribution in [2.75, 3.05) is 12.4 Å². The van der Waals surface area contributed by atoms with E-state index in [-0.39, 0.29) is 5.75 Å². The summed E-state index contributed by atoms with van der Waals surface area (Å²) in [5.41, 5.74) is 8.59. The first-order valence-corrected chi connectivity index (χ1v) is 8.30. The molecule has 2 heterocycles. The first-order valence-electron chi connectivity index (χ1n) is 7.22. The number of rotatable bonds is 2. The molecule has 0 bridgehead atoms. The lowest BCUT2D eigenvalue weighted by molar-refractivity contribution is 0.370. The van der Waals surface area contributed by atoms with E-state index in [0.717, 1.165) is 16.6 Å². The number of nitrogens with one attached hydrogen (secondary N) is 1. The highest BCUT2D eigenvalue weighted by Crippen LogP contribution is 2.38. The molecule has 24 heavy (non-hydrogen) atoms. The Morgan fingerprint density at radius 2 is 2.12 bits per heavy atom. The van der Waals surface area contributed by atoms with Crippen molar-refractivity contribution >= 4 is 45.5 Å². The van der Waals surface area contributed by atoms with Crippen LogP contribution in [-0.4, -0.2) is 27.7 Å². The van der Waals surface area contributed by atoms with Crippen LogP contribution in [0, 0.1) is 3.57 Å². The van der Waals surface area contributed by atoms with Gasteiger partial charge in [0, 0.05) is 5.56 Å². The van der Waals surface area contributed by atoms with Crippen LogP contribution < -0.4 is 15.8 Å². The molecule has 7 nitrogen and oxygen atoms in total. The molecule has 3 aromatic rings. The number of methoxy groups -OCH3 is 1. The van der Waals surface area contributed by atoms with E-state index in [0.29, 0.717) is 21.2 Å². The molecule has 0 saturated heterocycles. The summed E-state index contributed by atoms with van der Waals surface area (Å²) in [6.45, 7) is 0. The molecule has 1 aromatic heterocycles. The van der Waals surface area contributed by atoms with Gasteiger partial charge >= 0.3 is 0 Å².